The molecule has 9 heavy (non-hydrogen) atoms. The fourth-order valence-electron chi connectivity index (χ4n) is 0.327. The van der Waals surface area contributed by atoms with E-state index in [0.717, 1.165) is 0 Å². The van der Waals surface area contributed by atoms with Gasteiger partial charge in [-0.25, -0.2) is 0 Å². The number of rotatable bonds is 2. The van der Waals surface area contributed by atoms with Crippen molar-refractivity contribution in [2.75, 3.05) is 0 Å². The highest BCUT2D eigenvalue weighted by Crippen LogP contribution is 2.13. The van der Waals surface area contributed by atoms with Crippen LogP contribution in [0.1, 0.15) is 20.3 Å². The zero-order valence-electron chi connectivity index (χ0n) is 5.49. The molecule has 1 nitrogen and oxygen atoms in total. The Morgan fingerprint density at radius 1 is 1.56 bits per heavy atom. The van der Waals surface area contributed by atoms with E-state index in [4.69, 9.17) is 28.3 Å². The van der Waals surface area contributed by atoms with Gasteiger partial charge in [-0.2, -0.15) is 0 Å². The lowest BCUT2D eigenvalue weighted by molar-refractivity contribution is 0.0839. The summed E-state index contributed by atoms with van der Waals surface area (Å²) in [7, 11) is 0. The second kappa shape index (κ2) is 3.45. The summed E-state index contributed by atoms with van der Waals surface area (Å²) in [4.78, 5) is 0. The van der Waals surface area contributed by atoms with Crippen LogP contribution >= 0.6 is 23.2 Å². The molecule has 0 heterocycles. The van der Waals surface area contributed by atoms with E-state index in [1.165, 1.54) is 0 Å². The van der Waals surface area contributed by atoms with Crippen molar-refractivity contribution < 1.29 is 5.11 Å². The zero-order chi connectivity index (χ0) is 7.49. The average molecular weight is 169 g/mol. The molecule has 0 aliphatic heterocycles. The Hall–Kier alpha value is 0.280. The van der Waals surface area contributed by atoms with E-state index in [1.54, 1.807) is 19.9 Å². The van der Waals surface area contributed by atoms with Crippen LogP contribution in [-0.4, -0.2) is 10.7 Å². The predicted molar refractivity (Wildman–Crippen MR) is 40.7 cm³/mol. The van der Waals surface area contributed by atoms with Crippen LogP contribution < -0.4 is 0 Å². The van der Waals surface area contributed by atoms with Crippen LogP contribution in [0.2, 0.25) is 0 Å². The van der Waals surface area contributed by atoms with Gasteiger partial charge in [-0.15, -0.1) is 0 Å². The minimum atomic E-state index is -0.713. The van der Waals surface area contributed by atoms with E-state index in [1.807, 2.05) is 0 Å². The van der Waals surface area contributed by atoms with E-state index in [2.05, 4.69) is 0 Å². The van der Waals surface area contributed by atoms with E-state index < -0.39 is 5.60 Å². The third kappa shape index (κ3) is 8.28. The van der Waals surface area contributed by atoms with Gasteiger partial charge in [0, 0.05) is 0 Å². The lowest BCUT2D eigenvalue weighted by atomic mass is 10.1. The first-order valence-corrected chi connectivity index (χ1v) is 3.41. The molecule has 0 rings (SSSR count). The van der Waals surface area contributed by atoms with E-state index in [-0.39, 0.29) is 4.49 Å². The van der Waals surface area contributed by atoms with Gasteiger partial charge in [0.2, 0.25) is 0 Å². The molecule has 0 bridgehead atoms. The second-order valence-electron chi connectivity index (χ2n) is 2.51. The van der Waals surface area contributed by atoms with E-state index in [9.17, 15) is 0 Å². The maximum absolute atomic E-state index is 9.10. The van der Waals surface area contributed by atoms with Gasteiger partial charge in [0.1, 0.15) is 4.49 Å². The normalized spacial score (nSPS) is 11.2. The van der Waals surface area contributed by atoms with Crippen molar-refractivity contribution in [3.63, 3.8) is 0 Å². The Bertz CT molecular complexity index is 109. The van der Waals surface area contributed by atoms with Crippen LogP contribution in [0.25, 0.3) is 0 Å². The SMILES string of the molecule is CC(C)(O)CC=C(Cl)Cl. The Labute approximate surface area is 65.3 Å². The smallest absolute Gasteiger partial charge is 0.102 e. The lowest BCUT2D eigenvalue weighted by Gasteiger charge is -2.12. The van der Waals surface area contributed by atoms with Crippen LogP contribution in [0.15, 0.2) is 10.6 Å². The van der Waals surface area contributed by atoms with Gasteiger partial charge in [-0.05, 0) is 20.3 Å². The fourth-order valence-corrected chi connectivity index (χ4v) is 0.481. The third-order valence-corrected chi connectivity index (χ3v) is 1.06. The number of hydrogen-bond acceptors (Lipinski definition) is 1. The summed E-state index contributed by atoms with van der Waals surface area (Å²) in [5, 5.41) is 9.10. The van der Waals surface area contributed by atoms with Crippen molar-refractivity contribution in [3.8, 4) is 0 Å². The van der Waals surface area contributed by atoms with Crippen molar-refractivity contribution in [2.24, 2.45) is 0 Å². The molecule has 0 aromatic heterocycles. The van der Waals surface area contributed by atoms with Crippen molar-refractivity contribution in [3.05, 3.63) is 10.6 Å². The Morgan fingerprint density at radius 2 is 2.00 bits per heavy atom. The molecule has 3 heteroatoms. The molecule has 1 N–H and O–H groups in total. The van der Waals surface area contributed by atoms with Crippen LogP contribution in [0.4, 0.5) is 0 Å². The maximum Gasteiger partial charge on any atom is 0.102 e. The quantitative estimate of drug-likeness (QED) is 0.673. The van der Waals surface area contributed by atoms with Gasteiger partial charge in [0.25, 0.3) is 0 Å². The monoisotopic (exact) mass is 168 g/mol. The highest BCUT2D eigenvalue weighted by molar-refractivity contribution is 6.55. The van der Waals surface area contributed by atoms with Crippen LogP contribution in [0.5, 0.6) is 0 Å². The number of halogens is 2. The minimum Gasteiger partial charge on any atom is -0.390 e. The molecule has 0 aromatic carbocycles. The maximum atomic E-state index is 9.10. The molecule has 0 unspecified atom stereocenters. The summed E-state index contributed by atoms with van der Waals surface area (Å²) in [5.74, 6) is 0. The summed E-state index contributed by atoms with van der Waals surface area (Å²) < 4.78 is 0.206. The van der Waals surface area contributed by atoms with Crippen LogP contribution in [0, 0.1) is 0 Å². The van der Waals surface area contributed by atoms with E-state index >= 15 is 0 Å². The summed E-state index contributed by atoms with van der Waals surface area (Å²) in [6, 6.07) is 0. The van der Waals surface area contributed by atoms with Crippen molar-refractivity contribution in [1.29, 1.82) is 0 Å². The molecule has 0 spiro atoms. The standard InChI is InChI=1S/C6H10Cl2O/c1-6(2,9)4-3-5(7)8/h3,9H,4H2,1-2H3. The summed E-state index contributed by atoms with van der Waals surface area (Å²) in [6.45, 7) is 3.39. The first-order valence-electron chi connectivity index (χ1n) is 2.65. The highest BCUT2D eigenvalue weighted by atomic mass is 35.5. The molecule has 0 aliphatic carbocycles. The largest absolute Gasteiger partial charge is 0.390 e. The molecular weight excluding hydrogens is 159 g/mol. The Balaban J connectivity index is 3.64. The van der Waals surface area contributed by atoms with Crippen molar-refractivity contribution in [2.45, 2.75) is 25.9 Å². The first-order chi connectivity index (χ1) is 3.92. The lowest BCUT2D eigenvalue weighted by Crippen LogP contribution is -2.16. The molecule has 0 radical (unpaired) electrons. The number of hydrogen-bond donors (Lipinski definition) is 1. The van der Waals surface area contributed by atoms with Crippen LogP contribution in [-0.2, 0) is 0 Å². The summed E-state index contributed by atoms with van der Waals surface area (Å²) >= 11 is 10.6. The van der Waals surface area contributed by atoms with Crippen LogP contribution in [0.3, 0.4) is 0 Å². The molecule has 0 atom stereocenters. The highest BCUT2D eigenvalue weighted by Gasteiger charge is 2.09. The van der Waals surface area contributed by atoms with Gasteiger partial charge in [-0.1, -0.05) is 29.3 Å². The predicted octanol–water partition coefficient (Wildman–Crippen LogP) is 2.47. The minimum absolute atomic E-state index is 0.206. The van der Waals surface area contributed by atoms with Gasteiger partial charge < -0.3 is 5.11 Å². The molecule has 0 fully saturated rings. The third-order valence-electron chi connectivity index (χ3n) is 0.756. The topological polar surface area (TPSA) is 20.2 Å². The zero-order valence-corrected chi connectivity index (χ0v) is 7.00. The van der Waals surface area contributed by atoms with Gasteiger partial charge in [0.05, 0.1) is 5.60 Å². The Morgan fingerprint density at radius 3 is 2.11 bits per heavy atom. The molecule has 0 amide bonds. The average Bonchev–Trinajstić information content (AvgIpc) is 1.59. The van der Waals surface area contributed by atoms with Gasteiger partial charge in [0.15, 0.2) is 0 Å². The molecule has 0 saturated heterocycles. The van der Waals surface area contributed by atoms with E-state index in [0.29, 0.717) is 6.42 Å². The molecule has 0 aromatic rings. The second-order valence-corrected chi connectivity index (χ2v) is 3.52. The van der Waals surface area contributed by atoms with Gasteiger partial charge >= 0.3 is 0 Å². The van der Waals surface area contributed by atoms with Crippen molar-refractivity contribution >= 4 is 23.2 Å². The molecule has 54 valence electrons. The van der Waals surface area contributed by atoms with Crippen molar-refractivity contribution in [1.82, 2.24) is 0 Å². The summed E-state index contributed by atoms with van der Waals surface area (Å²) in [5.41, 5.74) is -0.713. The van der Waals surface area contributed by atoms with Gasteiger partial charge in [-0.3, -0.25) is 0 Å². The molecular formula is C6H10Cl2O. The molecule has 0 aliphatic rings. The summed E-state index contributed by atoms with van der Waals surface area (Å²) in [6.07, 6.45) is 2.05. The molecule has 0 saturated carbocycles. The fraction of sp³-hybridized carbons (Fsp3) is 0.667. The Kier molecular flexibility index (Phi) is 3.56. The number of aliphatic hydroxyl groups is 1. The first kappa shape index (κ1) is 9.28.